The molecule has 0 aromatic carbocycles. The predicted molar refractivity (Wildman–Crippen MR) is 87.2 cm³/mol. The molecule has 0 unspecified atom stereocenters. The van der Waals surface area contributed by atoms with Crippen molar-refractivity contribution in [1.29, 1.82) is 0 Å². The van der Waals surface area contributed by atoms with E-state index in [-0.39, 0.29) is 12.3 Å². The summed E-state index contributed by atoms with van der Waals surface area (Å²) in [5.74, 6) is -0.227. The van der Waals surface area contributed by atoms with Crippen LogP contribution >= 0.6 is 0 Å². The molecule has 0 saturated heterocycles. The van der Waals surface area contributed by atoms with E-state index in [0.717, 1.165) is 31.1 Å². The third-order valence-corrected chi connectivity index (χ3v) is 8.88. The Kier molecular flexibility index (Phi) is 3.49. The minimum atomic E-state index is -2.88. The SMILES string of the molecule is C[C@H]1CC[C@@]2(C)[C@@H](CC[C@@H]3[C@@H]2CC[C@@]2(C)[C@H]3CC(F)(F)[C@@H]2O)C1. The molecule has 0 radical (unpaired) electrons. The van der Waals surface area contributed by atoms with Crippen molar-refractivity contribution in [1.82, 2.24) is 0 Å². The fraction of sp³-hybridized carbons (Fsp3) is 1.00. The lowest BCUT2D eigenvalue weighted by molar-refractivity contribution is -0.143. The Labute approximate surface area is 139 Å². The highest BCUT2D eigenvalue weighted by atomic mass is 19.3. The van der Waals surface area contributed by atoms with Crippen molar-refractivity contribution in [2.45, 2.75) is 84.2 Å². The van der Waals surface area contributed by atoms with Gasteiger partial charge < -0.3 is 5.11 Å². The number of aliphatic hydroxyl groups is 1. The van der Waals surface area contributed by atoms with Crippen LogP contribution in [0.3, 0.4) is 0 Å². The first-order chi connectivity index (χ1) is 10.7. The zero-order valence-corrected chi connectivity index (χ0v) is 14.8. The molecule has 0 heterocycles. The van der Waals surface area contributed by atoms with Crippen LogP contribution in [0.15, 0.2) is 0 Å². The van der Waals surface area contributed by atoms with E-state index in [2.05, 4.69) is 13.8 Å². The van der Waals surface area contributed by atoms with Crippen LogP contribution in [0.25, 0.3) is 0 Å². The lowest BCUT2D eigenvalue weighted by Gasteiger charge is -2.60. The van der Waals surface area contributed by atoms with Crippen molar-refractivity contribution in [3.63, 3.8) is 0 Å². The summed E-state index contributed by atoms with van der Waals surface area (Å²) in [5.41, 5.74) is -0.199. The summed E-state index contributed by atoms with van der Waals surface area (Å²) < 4.78 is 28.5. The lowest BCUT2D eigenvalue weighted by Crippen LogP contribution is -2.54. The van der Waals surface area contributed by atoms with E-state index in [0.29, 0.717) is 17.3 Å². The summed E-state index contributed by atoms with van der Waals surface area (Å²) in [6.45, 7) is 6.78. The monoisotopic (exact) mass is 326 g/mol. The fourth-order valence-corrected chi connectivity index (χ4v) is 7.43. The van der Waals surface area contributed by atoms with Crippen molar-refractivity contribution >= 4 is 0 Å². The zero-order chi connectivity index (χ0) is 16.6. The average Bonchev–Trinajstić information content (AvgIpc) is 2.68. The maximum absolute atomic E-state index is 14.3. The summed E-state index contributed by atoms with van der Waals surface area (Å²) in [5, 5.41) is 10.3. The second-order valence-electron chi connectivity index (χ2n) is 9.95. The number of hydrogen-bond acceptors (Lipinski definition) is 1. The Hall–Kier alpha value is -0.180. The van der Waals surface area contributed by atoms with Crippen LogP contribution in [0, 0.1) is 40.4 Å². The molecule has 3 heteroatoms. The third-order valence-electron chi connectivity index (χ3n) is 8.88. The van der Waals surface area contributed by atoms with Crippen LogP contribution in [-0.4, -0.2) is 17.1 Å². The van der Waals surface area contributed by atoms with Crippen LogP contribution in [0.1, 0.15) is 72.1 Å². The summed E-state index contributed by atoms with van der Waals surface area (Å²) >= 11 is 0. The third kappa shape index (κ3) is 2.10. The molecule has 0 aromatic rings. The van der Waals surface area contributed by atoms with E-state index in [4.69, 9.17) is 0 Å². The van der Waals surface area contributed by atoms with Gasteiger partial charge in [0.05, 0.1) is 0 Å². The van der Waals surface area contributed by atoms with Crippen LogP contribution in [0.5, 0.6) is 0 Å². The van der Waals surface area contributed by atoms with Crippen LogP contribution in [0.2, 0.25) is 0 Å². The van der Waals surface area contributed by atoms with Crippen molar-refractivity contribution < 1.29 is 13.9 Å². The molecule has 1 N–H and O–H groups in total. The molecule has 8 atom stereocenters. The van der Waals surface area contributed by atoms with Crippen LogP contribution in [-0.2, 0) is 0 Å². The first-order valence-electron chi connectivity index (χ1n) is 9.74. The molecule has 0 amide bonds. The van der Waals surface area contributed by atoms with Crippen LogP contribution < -0.4 is 0 Å². The smallest absolute Gasteiger partial charge is 0.274 e. The summed E-state index contributed by atoms with van der Waals surface area (Å²) in [6.07, 6.45) is 6.57. The highest BCUT2D eigenvalue weighted by Gasteiger charge is 2.67. The predicted octanol–water partition coefficient (Wildman–Crippen LogP) is 5.27. The van der Waals surface area contributed by atoms with Gasteiger partial charge >= 0.3 is 0 Å². The number of rotatable bonds is 0. The van der Waals surface area contributed by atoms with Gasteiger partial charge in [-0.3, -0.25) is 0 Å². The molecular formula is C20H32F2O. The van der Waals surface area contributed by atoms with Gasteiger partial charge in [0.25, 0.3) is 5.92 Å². The number of aliphatic hydroxyl groups excluding tert-OH is 1. The number of fused-ring (bicyclic) bond motifs is 5. The van der Waals surface area contributed by atoms with Crippen molar-refractivity contribution in [2.24, 2.45) is 40.4 Å². The maximum atomic E-state index is 14.3. The lowest BCUT2D eigenvalue weighted by atomic mass is 9.44. The standard InChI is InChI=1S/C20H32F2O/c1-12-6-8-18(2)13(10-12)4-5-14-15(18)7-9-19(3)16(14)11-20(21,22)17(19)23/h12-17,23H,4-11H2,1-3H3/t12-,13-,14+,15-,16-,17+,18-,19-/m0/s1. The molecule has 132 valence electrons. The van der Waals surface area contributed by atoms with Gasteiger partial charge in [0.1, 0.15) is 6.10 Å². The molecule has 1 nitrogen and oxygen atoms in total. The summed E-state index contributed by atoms with van der Waals surface area (Å²) in [6, 6.07) is 0. The van der Waals surface area contributed by atoms with Gasteiger partial charge in [0.2, 0.25) is 0 Å². The summed E-state index contributed by atoms with van der Waals surface area (Å²) in [4.78, 5) is 0. The Balaban J connectivity index is 1.65. The van der Waals surface area contributed by atoms with Crippen molar-refractivity contribution in [3.05, 3.63) is 0 Å². The Morgan fingerprint density at radius 1 is 0.913 bits per heavy atom. The maximum Gasteiger partial charge on any atom is 0.274 e. The van der Waals surface area contributed by atoms with Gasteiger partial charge in [-0.15, -0.1) is 0 Å². The molecule has 4 saturated carbocycles. The van der Waals surface area contributed by atoms with Gasteiger partial charge in [-0.2, -0.15) is 0 Å². The number of halogens is 2. The Morgan fingerprint density at radius 3 is 2.35 bits per heavy atom. The Bertz CT molecular complexity index is 492. The Morgan fingerprint density at radius 2 is 1.61 bits per heavy atom. The zero-order valence-electron chi connectivity index (χ0n) is 14.8. The molecule has 4 aliphatic carbocycles. The topological polar surface area (TPSA) is 20.2 Å². The molecule has 4 rings (SSSR count). The van der Waals surface area contributed by atoms with Gasteiger partial charge in [-0.25, -0.2) is 8.78 Å². The molecule has 4 aliphatic rings. The molecule has 0 spiro atoms. The quantitative estimate of drug-likeness (QED) is 0.643. The molecule has 0 aliphatic heterocycles. The van der Waals surface area contributed by atoms with E-state index in [9.17, 15) is 13.9 Å². The number of hydrogen-bond donors (Lipinski definition) is 1. The molecule has 0 bridgehead atoms. The van der Waals surface area contributed by atoms with Gasteiger partial charge in [-0.1, -0.05) is 27.2 Å². The van der Waals surface area contributed by atoms with Crippen molar-refractivity contribution in [3.8, 4) is 0 Å². The minimum Gasteiger partial charge on any atom is -0.386 e. The molecule has 4 fully saturated rings. The van der Waals surface area contributed by atoms with E-state index in [1.165, 1.54) is 25.7 Å². The van der Waals surface area contributed by atoms with E-state index in [1.807, 2.05) is 6.92 Å². The highest BCUT2D eigenvalue weighted by Crippen LogP contribution is 2.68. The van der Waals surface area contributed by atoms with Gasteiger partial charge in [0, 0.05) is 11.8 Å². The average molecular weight is 326 g/mol. The fourth-order valence-electron chi connectivity index (χ4n) is 7.43. The second-order valence-corrected chi connectivity index (χ2v) is 9.95. The first-order valence-corrected chi connectivity index (χ1v) is 9.74. The molecule has 0 aromatic heterocycles. The molecular weight excluding hydrogens is 294 g/mol. The minimum absolute atomic E-state index is 0.0170. The van der Waals surface area contributed by atoms with E-state index < -0.39 is 17.4 Å². The van der Waals surface area contributed by atoms with Gasteiger partial charge in [0.15, 0.2) is 0 Å². The van der Waals surface area contributed by atoms with Crippen molar-refractivity contribution in [2.75, 3.05) is 0 Å². The van der Waals surface area contributed by atoms with E-state index in [1.54, 1.807) is 0 Å². The van der Waals surface area contributed by atoms with Gasteiger partial charge in [-0.05, 0) is 73.5 Å². The largest absolute Gasteiger partial charge is 0.386 e. The molecule has 23 heavy (non-hydrogen) atoms. The van der Waals surface area contributed by atoms with E-state index >= 15 is 0 Å². The second kappa shape index (κ2) is 4.93. The van der Waals surface area contributed by atoms with Crippen LogP contribution in [0.4, 0.5) is 8.78 Å². The first kappa shape index (κ1) is 16.3. The number of alkyl halides is 2. The normalized spacial score (nSPS) is 58.2. The summed E-state index contributed by atoms with van der Waals surface area (Å²) in [7, 11) is 0. The highest BCUT2D eigenvalue weighted by molar-refractivity contribution is 5.13.